The van der Waals surface area contributed by atoms with Gasteiger partial charge in [0, 0.05) is 10.8 Å². The van der Waals surface area contributed by atoms with E-state index in [2.05, 4.69) is 4.98 Å². The molecule has 0 aliphatic carbocycles. The molecule has 0 radical (unpaired) electrons. The highest BCUT2D eigenvalue weighted by molar-refractivity contribution is 8.00. The summed E-state index contributed by atoms with van der Waals surface area (Å²) in [7, 11) is 0. The fraction of sp³-hybridized carbons (Fsp3) is 0.350. The summed E-state index contributed by atoms with van der Waals surface area (Å²) in [6.07, 6.45) is 0. The van der Waals surface area contributed by atoms with Crippen LogP contribution >= 0.6 is 23.1 Å². The van der Waals surface area contributed by atoms with Gasteiger partial charge in [0.25, 0.3) is 0 Å². The first-order valence-corrected chi connectivity index (χ1v) is 11.3. The minimum atomic E-state index is -1.28. The monoisotopic (exact) mass is 478 g/mol. The van der Waals surface area contributed by atoms with Crippen LogP contribution in [0.3, 0.4) is 0 Å². The van der Waals surface area contributed by atoms with Gasteiger partial charge in [0.15, 0.2) is 6.61 Å². The first-order valence-electron chi connectivity index (χ1n) is 9.65. The van der Waals surface area contributed by atoms with Crippen LogP contribution in [0.25, 0.3) is 0 Å². The summed E-state index contributed by atoms with van der Waals surface area (Å²) in [5.74, 6) is -3.96. The van der Waals surface area contributed by atoms with E-state index in [0.29, 0.717) is 21.2 Å². The lowest BCUT2D eigenvalue weighted by molar-refractivity contribution is -0.149. The minimum absolute atomic E-state index is 0.247. The van der Waals surface area contributed by atoms with Crippen LogP contribution in [0.15, 0.2) is 34.1 Å². The molecule has 12 heteroatoms. The summed E-state index contributed by atoms with van der Waals surface area (Å²) >= 11 is 2.04. The number of fused-ring (bicyclic) bond motifs is 2. The Morgan fingerprint density at radius 3 is 2.53 bits per heavy atom. The van der Waals surface area contributed by atoms with Gasteiger partial charge in [-0.25, -0.2) is 4.79 Å². The van der Waals surface area contributed by atoms with Gasteiger partial charge in [0.2, 0.25) is 11.8 Å². The number of esters is 1. The summed E-state index contributed by atoms with van der Waals surface area (Å²) in [6, 6.07) is 6.64. The van der Waals surface area contributed by atoms with Crippen molar-refractivity contribution in [2.75, 3.05) is 19.8 Å². The number of imide groups is 1. The molecule has 1 fully saturated rings. The van der Waals surface area contributed by atoms with E-state index < -0.39 is 47.4 Å². The highest BCUT2D eigenvalue weighted by Crippen LogP contribution is 2.52. The predicted molar refractivity (Wildman–Crippen MR) is 113 cm³/mol. The van der Waals surface area contributed by atoms with Crippen molar-refractivity contribution < 1.29 is 33.8 Å². The Labute approximate surface area is 189 Å². The largest absolute Gasteiger partial charge is 0.482 e. The fourth-order valence-corrected chi connectivity index (χ4v) is 6.38. The molecule has 1 aromatic heterocycles. The molecule has 0 saturated carbocycles. The Kier molecular flexibility index (Phi) is 6.07. The lowest BCUT2D eigenvalue weighted by Gasteiger charge is -2.29. The van der Waals surface area contributed by atoms with Crippen molar-refractivity contribution in [1.82, 2.24) is 9.88 Å². The van der Waals surface area contributed by atoms with E-state index in [-0.39, 0.29) is 18.1 Å². The maximum absolute atomic E-state index is 13.1. The Balaban J connectivity index is 1.66. The zero-order valence-electron chi connectivity index (χ0n) is 16.7. The number of carbonyl (C=O) groups excluding carboxylic acids is 3. The molecule has 3 atom stereocenters. The standard InChI is InChI=1S/C20H18N2O8S2/c1-2-29-12(25)8-30-10-5-3-9(4-6-10)13-14-16(31-17-15(13)32-20(28)21-17)19(27)22(18(14)26)7-11(23)24/h3-6,13-14,16H,2,7-8H2,1H3,(H,21,28)(H,23,24)/t13-,14?,16?/m1/s1. The molecule has 32 heavy (non-hydrogen) atoms. The zero-order chi connectivity index (χ0) is 23.0. The van der Waals surface area contributed by atoms with Crippen LogP contribution in [-0.2, 0) is 23.9 Å². The topological polar surface area (TPSA) is 143 Å². The molecule has 3 heterocycles. The molecule has 1 aromatic carbocycles. The first kappa shape index (κ1) is 22.1. The number of rotatable bonds is 7. The van der Waals surface area contributed by atoms with E-state index in [1.807, 2.05) is 0 Å². The van der Waals surface area contributed by atoms with Gasteiger partial charge in [-0.05, 0) is 24.6 Å². The predicted octanol–water partition coefficient (Wildman–Crippen LogP) is 1.05. The SMILES string of the molecule is CCOC(=O)COc1ccc([C@H]2c3sc(=O)[nH]c3SC3C(=O)N(CC(=O)O)C(=O)C32)cc1. The number of thiazole rings is 1. The van der Waals surface area contributed by atoms with Crippen LogP contribution in [0.4, 0.5) is 0 Å². The number of carboxylic acid groups (broad SMARTS) is 1. The summed E-state index contributed by atoms with van der Waals surface area (Å²) < 4.78 is 10.2. The third kappa shape index (κ3) is 4.02. The van der Waals surface area contributed by atoms with Crippen LogP contribution in [0, 0.1) is 5.92 Å². The molecule has 4 rings (SSSR count). The maximum atomic E-state index is 13.1. The molecule has 2 aliphatic rings. The van der Waals surface area contributed by atoms with E-state index in [1.54, 1.807) is 31.2 Å². The first-order chi connectivity index (χ1) is 15.3. The number of hydrogen-bond acceptors (Lipinski definition) is 9. The van der Waals surface area contributed by atoms with E-state index >= 15 is 0 Å². The van der Waals surface area contributed by atoms with Crippen molar-refractivity contribution in [2.24, 2.45) is 5.92 Å². The average molecular weight is 479 g/mol. The molecular formula is C20H18N2O8S2. The van der Waals surface area contributed by atoms with E-state index in [9.17, 15) is 24.0 Å². The lowest BCUT2D eigenvalue weighted by atomic mass is 9.83. The van der Waals surface area contributed by atoms with Crippen molar-refractivity contribution in [3.63, 3.8) is 0 Å². The molecule has 2 aromatic rings. The number of H-pyrrole nitrogens is 1. The number of likely N-dealkylation sites (tertiary alicyclic amines) is 1. The average Bonchev–Trinajstić information content (AvgIpc) is 3.23. The van der Waals surface area contributed by atoms with E-state index in [4.69, 9.17) is 14.6 Å². The van der Waals surface area contributed by atoms with Gasteiger partial charge >= 0.3 is 16.8 Å². The highest BCUT2D eigenvalue weighted by Gasteiger charge is 2.56. The number of amides is 2. The second kappa shape index (κ2) is 8.79. The number of aromatic amines is 1. The summed E-state index contributed by atoms with van der Waals surface area (Å²) in [5, 5.41) is 8.78. The van der Waals surface area contributed by atoms with Crippen LogP contribution in [0.5, 0.6) is 5.75 Å². The number of thioether (sulfide) groups is 1. The molecule has 2 amide bonds. The summed E-state index contributed by atoms with van der Waals surface area (Å²) in [6.45, 7) is 0.983. The highest BCUT2D eigenvalue weighted by atomic mass is 32.2. The molecule has 10 nitrogen and oxygen atoms in total. The third-order valence-corrected chi connectivity index (χ3v) is 7.51. The van der Waals surface area contributed by atoms with Gasteiger partial charge in [-0.2, -0.15) is 0 Å². The van der Waals surface area contributed by atoms with Crippen molar-refractivity contribution in [2.45, 2.75) is 23.1 Å². The Hall–Kier alpha value is -3.12. The van der Waals surface area contributed by atoms with Crippen molar-refractivity contribution in [3.05, 3.63) is 44.4 Å². The van der Waals surface area contributed by atoms with Gasteiger partial charge in [-0.3, -0.25) is 24.1 Å². The number of benzene rings is 1. The second-order valence-electron chi connectivity index (χ2n) is 7.07. The molecule has 0 bridgehead atoms. The number of carboxylic acids is 1. The van der Waals surface area contributed by atoms with Crippen molar-refractivity contribution in [3.8, 4) is 5.75 Å². The Morgan fingerprint density at radius 1 is 1.16 bits per heavy atom. The van der Waals surface area contributed by atoms with Gasteiger partial charge in [-0.15, -0.1) is 0 Å². The molecule has 2 aliphatic heterocycles. The normalized spacial score (nSPS) is 21.8. The van der Waals surface area contributed by atoms with Crippen LogP contribution in [0.2, 0.25) is 0 Å². The van der Waals surface area contributed by atoms with Crippen LogP contribution < -0.4 is 9.61 Å². The van der Waals surface area contributed by atoms with Gasteiger partial charge in [-0.1, -0.05) is 35.2 Å². The summed E-state index contributed by atoms with van der Waals surface area (Å²) in [5.41, 5.74) is 0.665. The second-order valence-corrected chi connectivity index (χ2v) is 9.24. The van der Waals surface area contributed by atoms with Gasteiger partial charge < -0.3 is 19.6 Å². The van der Waals surface area contributed by atoms with Crippen molar-refractivity contribution >= 4 is 46.9 Å². The number of aromatic nitrogens is 1. The molecular weight excluding hydrogens is 460 g/mol. The quantitative estimate of drug-likeness (QED) is 0.441. The van der Waals surface area contributed by atoms with Crippen LogP contribution in [-0.4, -0.2) is 63.8 Å². The van der Waals surface area contributed by atoms with Gasteiger partial charge in [0.1, 0.15) is 17.5 Å². The van der Waals surface area contributed by atoms with E-state index in [0.717, 1.165) is 28.0 Å². The molecule has 1 saturated heterocycles. The fourth-order valence-electron chi connectivity index (χ4n) is 3.84. The number of aliphatic carboxylic acids is 1. The number of ether oxygens (including phenoxy) is 2. The van der Waals surface area contributed by atoms with Gasteiger partial charge in [0.05, 0.1) is 17.6 Å². The van der Waals surface area contributed by atoms with E-state index in [1.165, 1.54) is 0 Å². The number of nitrogens with one attached hydrogen (secondary N) is 1. The number of hydrogen-bond donors (Lipinski definition) is 2. The minimum Gasteiger partial charge on any atom is -0.482 e. The number of carbonyl (C=O) groups is 4. The molecule has 2 N–H and O–H groups in total. The molecule has 168 valence electrons. The zero-order valence-corrected chi connectivity index (χ0v) is 18.4. The smallest absolute Gasteiger partial charge is 0.344 e. The van der Waals surface area contributed by atoms with Crippen LogP contribution in [0.1, 0.15) is 23.3 Å². The molecule has 2 unspecified atom stereocenters. The Morgan fingerprint density at radius 2 is 1.88 bits per heavy atom. The maximum Gasteiger partial charge on any atom is 0.344 e. The third-order valence-electron chi connectivity index (χ3n) is 5.11. The van der Waals surface area contributed by atoms with Crippen molar-refractivity contribution in [1.29, 1.82) is 0 Å². The number of nitrogens with zero attached hydrogens (tertiary/aromatic N) is 1. The molecule has 0 spiro atoms. The Bertz CT molecular complexity index is 1140. The summed E-state index contributed by atoms with van der Waals surface area (Å²) in [4.78, 5) is 64.3. The lowest BCUT2D eigenvalue weighted by Crippen LogP contribution is -2.36.